The van der Waals surface area contributed by atoms with E-state index in [2.05, 4.69) is 20.3 Å². The van der Waals surface area contributed by atoms with Crippen LogP contribution in [-0.4, -0.2) is 52.8 Å². The monoisotopic (exact) mass is 329 g/mol. The summed E-state index contributed by atoms with van der Waals surface area (Å²) in [6.45, 7) is 2.84. The van der Waals surface area contributed by atoms with E-state index in [-0.39, 0.29) is 5.91 Å². The molecular weight excluding hydrogens is 306 g/mol. The Morgan fingerprint density at radius 3 is 3.00 bits per heavy atom. The van der Waals surface area contributed by atoms with Crippen LogP contribution in [0.5, 0.6) is 5.88 Å². The van der Waals surface area contributed by atoms with Crippen molar-refractivity contribution < 1.29 is 9.53 Å². The van der Waals surface area contributed by atoms with Gasteiger partial charge in [-0.2, -0.15) is 5.10 Å². The van der Waals surface area contributed by atoms with Gasteiger partial charge in [0.1, 0.15) is 5.69 Å². The number of methoxy groups -OCH3 is 1. The summed E-state index contributed by atoms with van der Waals surface area (Å²) < 4.78 is 7.02. The minimum Gasteiger partial charge on any atom is -0.481 e. The van der Waals surface area contributed by atoms with Crippen LogP contribution in [0.3, 0.4) is 0 Å². The number of nitrogens with one attached hydrogen (secondary N) is 1. The van der Waals surface area contributed by atoms with E-state index >= 15 is 0 Å². The summed E-state index contributed by atoms with van der Waals surface area (Å²) in [5.74, 6) is 0.485. The molecule has 7 nitrogen and oxygen atoms in total. The largest absolute Gasteiger partial charge is 0.481 e. The molecule has 7 heteroatoms. The molecule has 1 atom stereocenters. The average molecular weight is 329 g/mol. The fourth-order valence-corrected chi connectivity index (χ4v) is 3.06. The van der Waals surface area contributed by atoms with Crippen molar-refractivity contribution in [2.45, 2.75) is 25.4 Å². The highest BCUT2D eigenvalue weighted by Crippen LogP contribution is 2.22. The Balaban J connectivity index is 1.63. The lowest BCUT2D eigenvalue weighted by atomic mass is 10.1. The molecule has 0 saturated carbocycles. The number of piperidine rings is 1. The molecule has 0 radical (unpaired) electrons. The van der Waals surface area contributed by atoms with Crippen molar-refractivity contribution in [1.29, 1.82) is 0 Å². The van der Waals surface area contributed by atoms with Gasteiger partial charge in [0.05, 0.1) is 13.2 Å². The van der Waals surface area contributed by atoms with Crippen LogP contribution in [0.2, 0.25) is 0 Å². The van der Waals surface area contributed by atoms with Crippen LogP contribution < -0.4 is 10.1 Å². The van der Waals surface area contributed by atoms with Crippen LogP contribution in [0.4, 0.5) is 0 Å². The molecule has 1 fully saturated rings. The fraction of sp³-hybridized carbons (Fsp3) is 0.471. The van der Waals surface area contributed by atoms with E-state index < -0.39 is 0 Å². The Labute approximate surface area is 141 Å². The Hall–Kier alpha value is -2.41. The molecule has 128 valence electrons. The number of likely N-dealkylation sites (tertiary alicyclic amines) is 1. The zero-order valence-corrected chi connectivity index (χ0v) is 14.1. The van der Waals surface area contributed by atoms with Crippen molar-refractivity contribution in [3.8, 4) is 5.88 Å². The molecule has 1 aliphatic heterocycles. The standard InChI is InChI=1S/C17H23N5O2/c1-18-17(23)15-7-9-22(20-15)14-4-3-8-21(12-14)11-13-5-6-16(24-2)19-10-13/h5-7,9-10,14H,3-4,8,11-12H2,1-2H3,(H,18,23)/t14-/m0/s1. The first-order chi connectivity index (χ1) is 11.7. The summed E-state index contributed by atoms with van der Waals surface area (Å²) in [7, 11) is 3.24. The lowest BCUT2D eigenvalue weighted by Gasteiger charge is -2.32. The van der Waals surface area contributed by atoms with Crippen molar-refractivity contribution in [2.24, 2.45) is 0 Å². The first-order valence-corrected chi connectivity index (χ1v) is 8.18. The molecule has 24 heavy (non-hydrogen) atoms. The SMILES string of the molecule is CNC(=O)c1ccn([C@H]2CCCN(Cc3ccc(OC)nc3)C2)n1. The Morgan fingerprint density at radius 2 is 2.29 bits per heavy atom. The number of amides is 1. The molecule has 0 unspecified atom stereocenters. The van der Waals surface area contributed by atoms with E-state index in [0.717, 1.165) is 32.5 Å². The number of pyridine rings is 1. The summed E-state index contributed by atoms with van der Waals surface area (Å²) in [6, 6.07) is 6.00. The fourth-order valence-electron chi connectivity index (χ4n) is 3.06. The van der Waals surface area contributed by atoms with E-state index in [1.807, 2.05) is 29.2 Å². The van der Waals surface area contributed by atoms with Crippen LogP contribution >= 0.6 is 0 Å². The number of ether oxygens (including phenoxy) is 1. The number of aromatic nitrogens is 3. The van der Waals surface area contributed by atoms with Gasteiger partial charge < -0.3 is 10.1 Å². The molecule has 1 N–H and O–H groups in total. The molecule has 0 bridgehead atoms. The van der Waals surface area contributed by atoms with Gasteiger partial charge >= 0.3 is 0 Å². The van der Waals surface area contributed by atoms with E-state index in [1.165, 1.54) is 5.56 Å². The molecule has 0 aromatic carbocycles. The molecule has 1 amide bonds. The molecule has 2 aromatic rings. The van der Waals surface area contributed by atoms with Gasteiger partial charge in [0, 0.05) is 38.6 Å². The lowest BCUT2D eigenvalue weighted by molar-refractivity contribution is 0.0955. The van der Waals surface area contributed by atoms with Gasteiger partial charge in [0.15, 0.2) is 0 Å². The van der Waals surface area contributed by atoms with Crippen LogP contribution in [0, 0.1) is 0 Å². The molecule has 1 saturated heterocycles. The van der Waals surface area contributed by atoms with Gasteiger partial charge in [-0.25, -0.2) is 4.98 Å². The summed E-state index contributed by atoms with van der Waals surface area (Å²) in [6.07, 6.45) is 5.95. The molecule has 2 aromatic heterocycles. The van der Waals surface area contributed by atoms with Crippen molar-refractivity contribution in [3.05, 3.63) is 41.9 Å². The highest BCUT2D eigenvalue weighted by molar-refractivity contribution is 5.91. The van der Waals surface area contributed by atoms with Crippen LogP contribution in [0.25, 0.3) is 0 Å². The molecule has 1 aliphatic rings. The van der Waals surface area contributed by atoms with Crippen LogP contribution in [0.15, 0.2) is 30.6 Å². The minimum absolute atomic E-state index is 0.147. The molecule has 3 rings (SSSR count). The van der Waals surface area contributed by atoms with Gasteiger partial charge in [-0.05, 0) is 31.0 Å². The maximum absolute atomic E-state index is 11.7. The second kappa shape index (κ2) is 7.44. The maximum atomic E-state index is 11.7. The number of nitrogens with zero attached hydrogens (tertiary/aromatic N) is 4. The molecule has 0 aliphatic carbocycles. The number of carbonyl (C=O) groups excluding carboxylic acids is 1. The normalized spacial score (nSPS) is 18.3. The number of hydrogen-bond acceptors (Lipinski definition) is 5. The molecule has 0 spiro atoms. The van der Waals surface area contributed by atoms with Gasteiger partial charge in [-0.15, -0.1) is 0 Å². The highest BCUT2D eigenvalue weighted by Gasteiger charge is 2.22. The predicted molar refractivity (Wildman–Crippen MR) is 90.0 cm³/mol. The summed E-state index contributed by atoms with van der Waals surface area (Å²) in [5.41, 5.74) is 1.64. The maximum Gasteiger partial charge on any atom is 0.271 e. The first kappa shape index (κ1) is 16.4. The van der Waals surface area contributed by atoms with E-state index in [9.17, 15) is 4.79 Å². The smallest absolute Gasteiger partial charge is 0.271 e. The van der Waals surface area contributed by atoms with Crippen molar-refractivity contribution >= 4 is 5.91 Å². The molecule has 3 heterocycles. The highest BCUT2D eigenvalue weighted by atomic mass is 16.5. The van der Waals surface area contributed by atoms with Crippen molar-refractivity contribution in [2.75, 3.05) is 27.2 Å². The van der Waals surface area contributed by atoms with Crippen LogP contribution in [-0.2, 0) is 6.54 Å². The second-order valence-electron chi connectivity index (χ2n) is 6.00. The van der Waals surface area contributed by atoms with Gasteiger partial charge in [0.25, 0.3) is 5.91 Å². The third kappa shape index (κ3) is 3.73. The summed E-state index contributed by atoms with van der Waals surface area (Å²) in [4.78, 5) is 18.3. The van der Waals surface area contributed by atoms with Crippen molar-refractivity contribution in [3.63, 3.8) is 0 Å². The van der Waals surface area contributed by atoms with E-state index in [4.69, 9.17) is 4.74 Å². The quantitative estimate of drug-likeness (QED) is 0.900. The third-order valence-corrected chi connectivity index (χ3v) is 4.34. The van der Waals surface area contributed by atoms with Crippen molar-refractivity contribution in [1.82, 2.24) is 25.0 Å². The number of hydrogen-bond donors (Lipinski definition) is 1. The second-order valence-corrected chi connectivity index (χ2v) is 6.00. The third-order valence-electron chi connectivity index (χ3n) is 4.34. The molecular formula is C17H23N5O2. The Bertz CT molecular complexity index is 683. The zero-order valence-electron chi connectivity index (χ0n) is 14.1. The topological polar surface area (TPSA) is 72.3 Å². The van der Waals surface area contributed by atoms with Gasteiger partial charge in [-0.1, -0.05) is 6.07 Å². The zero-order chi connectivity index (χ0) is 16.9. The lowest BCUT2D eigenvalue weighted by Crippen LogP contribution is -2.36. The Morgan fingerprint density at radius 1 is 1.42 bits per heavy atom. The first-order valence-electron chi connectivity index (χ1n) is 8.18. The number of carbonyl (C=O) groups is 1. The summed E-state index contributed by atoms with van der Waals surface area (Å²) in [5, 5.41) is 7.02. The summed E-state index contributed by atoms with van der Waals surface area (Å²) >= 11 is 0. The predicted octanol–water partition coefficient (Wildman–Crippen LogP) is 1.48. The van der Waals surface area contributed by atoms with Gasteiger partial charge in [0.2, 0.25) is 5.88 Å². The van der Waals surface area contributed by atoms with Gasteiger partial charge in [-0.3, -0.25) is 14.4 Å². The number of rotatable bonds is 5. The van der Waals surface area contributed by atoms with Crippen LogP contribution in [0.1, 0.15) is 34.9 Å². The average Bonchev–Trinajstić information content (AvgIpc) is 3.12. The van der Waals surface area contributed by atoms with E-state index in [1.54, 1.807) is 20.2 Å². The Kier molecular flexibility index (Phi) is 5.10. The minimum atomic E-state index is -0.147. The van der Waals surface area contributed by atoms with E-state index in [0.29, 0.717) is 17.6 Å².